The second-order valence-corrected chi connectivity index (χ2v) is 10.3. The van der Waals surface area contributed by atoms with Gasteiger partial charge in [-0.3, -0.25) is 4.79 Å². The Morgan fingerprint density at radius 3 is 2.42 bits per heavy atom. The van der Waals surface area contributed by atoms with Gasteiger partial charge in [-0.25, -0.2) is 0 Å². The molecule has 136 valence electrons. The van der Waals surface area contributed by atoms with E-state index in [-0.39, 0.29) is 23.7 Å². The maximum absolute atomic E-state index is 12.3. The van der Waals surface area contributed by atoms with Gasteiger partial charge in [0.1, 0.15) is 6.61 Å². The van der Waals surface area contributed by atoms with Gasteiger partial charge in [-0.2, -0.15) is 0 Å². The highest BCUT2D eigenvalue weighted by Crippen LogP contribution is 2.67. The Morgan fingerprint density at radius 2 is 1.67 bits per heavy atom. The van der Waals surface area contributed by atoms with Gasteiger partial charge in [-0.15, -0.1) is 0 Å². The van der Waals surface area contributed by atoms with Gasteiger partial charge >= 0.3 is 0 Å². The van der Waals surface area contributed by atoms with Crippen LogP contribution in [0, 0.1) is 46.3 Å². The molecule has 0 aromatic rings. The fourth-order valence-electron chi connectivity index (χ4n) is 8.11. The average molecular weight is 333 g/mol. The van der Waals surface area contributed by atoms with Crippen LogP contribution in [0.3, 0.4) is 0 Å². The van der Waals surface area contributed by atoms with Crippen molar-refractivity contribution in [3.8, 4) is 0 Å². The molecule has 0 saturated heterocycles. The van der Waals surface area contributed by atoms with Gasteiger partial charge in [-0.1, -0.05) is 27.2 Å². The van der Waals surface area contributed by atoms with E-state index in [1.54, 1.807) is 0 Å². The normalized spacial score (nSPS) is 53.8. The van der Waals surface area contributed by atoms with Crippen LogP contribution in [-0.4, -0.2) is 17.5 Å². The van der Waals surface area contributed by atoms with Gasteiger partial charge in [0.2, 0.25) is 0 Å². The Balaban J connectivity index is 1.60. The van der Waals surface area contributed by atoms with Gasteiger partial charge in [0.15, 0.2) is 5.78 Å². The molecule has 4 aliphatic carbocycles. The summed E-state index contributed by atoms with van der Waals surface area (Å²) in [6.07, 6.45) is 11.9. The lowest BCUT2D eigenvalue weighted by Crippen LogP contribution is -2.53. The summed E-state index contributed by atoms with van der Waals surface area (Å²) in [5, 5.41) is 9.40. The first-order chi connectivity index (χ1) is 11.4. The minimum atomic E-state index is -0.251. The minimum Gasteiger partial charge on any atom is -0.389 e. The molecule has 4 rings (SSSR count). The Kier molecular flexibility index (Phi) is 4.14. The molecule has 0 spiro atoms. The molecule has 2 nitrogen and oxygen atoms in total. The number of ketones is 1. The third-order valence-electron chi connectivity index (χ3n) is 9.47. The number of hydrogen-bond donors (Lipinski definition) is 1. The first kappa shape index (κ1) is 17.1. The largest absolute Gasteiger partial charge is 0.389 e. The molecule has 24 heavy (non-hydrogen) atoms. The van der Waals surface area contributed by atoms with Crippen molar-refractivity contribution in [1.29, 1.82) is 0 Å². The van der Waals surface area contributed by atoms with Crippen LogP contribution in [0.5, 0.6) is 0 Å². The molecule has 4 fully saturated rings. The third-order valence-corrected chi connectivity index (χ3v) is 9.47. The average Bonchev–Trinajstić information content (AvgIpc) is 2.92. The van der Waals surface area contributed by atoms with E-state index in [9.17, 15) is 9.90 Å². The summed E-state index contributed by atoms with van der Waals surface area (Å²) in [6.45, 7) is 7.20. The molecule has 8 atom stereocenters. The first-order valence-electron chi connectivity index (χ1n) is 10.5. The van der Waals surface area contributed by atoms with Gasteiger partial charge in [0.25, 0.3) is 0 Å². The van der Waals surface area contributed by atoms with E-state index in [1.807, 2.05) is 0 Å². The quantitative estimate of drug-likeness (QED) is 0.785. The Bertz CT molecular complexity index is 514. The fraction of sp³-hybridized carbons (Fsp3) is 0.955. The van der Waals surface area contributed by atoms with Gasteiger partial charge < -0.3 is 5.11 Å². The fourth-order valence-corrected chi connectivity index (χ4v) is 8.11. The Labute approximate surface area is 147 Å². The molecule has 2 heteroatoms. The van der Waals surface area contributed by atoms with E-state index in [0.717, 1.165) is 36.0 Å². The van der Waals surface area contributed by atoms with E-state index in [1.165, 1.54) is 51.4 Å². The van der Waals surface area contributed by atoms with E-state index < -0.39 is 0 Å². The summed E-state index contributed by atoms with van der Waals surface area (Å²) >= 11 is 0. The number of Topliss-reactive ketones (excluding diaryl/α,β-unsaturated/α-hetero) is 1. The molecule has 4 aliphatic rings. The van der Waals surface area contributed by atoms with Crippen LogP contribution in [0.15, 0.2) is 0 Å². The van der Waals surface area contributed by atoms with Crippen LogP contribution in [0.25, 0.3) is 0 Å². The summed E-state index contributed by atoms with van der Waals surface area (Å²) in [5.41, 5.74) is 0.738. The van der Waals surface area contributed by atoms with Crippen molar-refractivity contribution < 1.29 is 9.90 Å². The number of hydrogen-bond acceptors (Lipinski definition) is 2. The maximum atomic E-state index is 12.3. The second-order valence-electron chi connectivity index (χ2n) is 10.3. The summed E-state index contributed by atoms with van der Waals surface area (Å²) in [7, 11) is 0. The van der Waals surface area contributed by atoms with Crippen LogP contribution in [0.4, 0.5) is 0 Å². The topological polar surface area (TPSA) is 37.3 Å². The van der Waals surface area contributed by atoms with Crippen LogP contribution >= 0.6 is 0 Å². The zero-order valence-electron chi connectivity index (χ0n) is 15.9. The number of rotatable bonds is 2. The Hall–Kier alpha value is -0.370. The van der Waals surface area contributed by atoms with Crippen molar-refractivity contribution in [3.05, 3.63) is 0 Å². The number of carbonyl (C=O) groups excluding carboxylic acids is 1. The highest BCUT2D eigenvalue weighted by Gasteiger charge is 2.60. The monoisotopic (exact) mass is 332 g/mol. The molecule has 1 N–H and O–H groups in total. The summed E-state index contributed by atoms with van der Waals surface area (Å²) in [5.74, 6) is 4.58. The van der Waals surface area contributed by atoms with Crippen molar-refractivity contribution in [2.75, 3.05) is 6.61 Å². The number of aliphatic hydroxyl groups is 1. The number of carbonyl (C=O) groups is 1. The van der Waals surface area contributed by atoms with Crippen LogP contribution in [0.2, 0.25) is 0 Å². The van der Waals surface area contributed by atoms with E-state index in [2.05, 4.69) is 20.8 Å². The zero-order chi connectivity index (χ0) is 17.1. The van der Waals surface area contributed by atoms with E-state index in [4.69, 9.17) is 0 Å². The SMILES string of the molecule is CC1CC[C@@]2(C)[C@@H](CC[C@@H]3[C@@H]2CC[C@]2(C)[C@@H](C(=O)CO)CC[C@@H]32)C1. The molecular weight excluding hydrogens is 296 g/mol. The summed E-state index contributed by atoms with van der Waals surface area (Å²) < 4.78 is 0. The first-order valence-corrected chi connectivity index (χ1v) is 10.5. The van der Waals surface area contributed by atoms with Crippen LogP contribution < -0.4 is 0 Å². The highest BCUT2D eigenvalue weighted by atomic mass is 16.3. The van der Waals surface area contributed by atoms with Crippen molar-refractivity contribution in [2.24, 2.45) is 46.3 Å². The molecule has 0 radical (unpaired) electrons. The molecule has 0 aromatic heterocycles. The predicted octanol–water partition coefficient (Wildman–Crippen LogP) is 4.84. The Morgan fingerprint density at radius 1 is 0.958 bits per heavy atom. The second kappa shape index (κ2) is 5.83. The van der Waals surface area contributed by atoms with Gasteiger partial charge in [-0.05, 0) is 91.8 Å². The van der Waals surface area contributed by atoms with E-state index >= 15 is 0 Å². The lowest BCUT2D eigenvalue weighted by Gasteiger charge is -2.61. The lowest BCUT2D eigenvalue weighted by molar-refractivity contribution is -0.138. The molecule has 0 heterocycles. The molecule has 0 bridgehead atoms. The minimum absolute atomic E-state index is 0.116. The standard InChI is InChI=1S/C22H36O2/c1-14-8-10-21(2)15(12-14)4-5-16-17-6-7-19(20(24)13-23)22(17,3)11-9-18(16)21/h14-19,23H,4-13H2,1-3H3/t14?,15-,16-,17-,18-,19+,21-,22-/m0/s1. The van der Waals surface area contributed by atoms with Gasteiger partial charge in [0.05, 0.1) is 0 Å². The molecular formula is C22H36O2. The molecule has 4 saturated carbocycles. The van der Waals surface area contributed by atoms with Crippen molar-refractivity contribution in [2.45, 2.75) is 78.6 Å². The molecule has 1 unspecified atom stereocenters. The number of fused-ring (bicyclic) bond motifs is 5. The van der Waals surface area contributed by atoms with E-state index in [0.29, 0.717) is 5.41 Å². The predicted molar refractivity (Wildman–Crippen MR) is 96.5 cm³/mol. The van der Waals surface area contributed by atoms with Crippen molar-refractivity contribution >= 4 is 5.78 Å². The van der Waals surface area contributed by atoms with Crippen molar-refractivity contribution in [3.63, 3.8) is 0 Å². The molecule has 0 aromatic carbocycles. The summed E-state index contributed by atoms with van der Waals surface area (Å²) in [6, 6.07) is 0. The number of aliphatic hydroxyl groups excluding tert-OH is 1. The summed E-state index contributed by atoms with van der Waals surface area (Å²) in [4.78, 5) is 12.3. The van der Waals surface area contributed by atoms with Crippen LogP contribution in [-0.2, 0) is 4.79 Å². The zero-order valence-corrected chi connectivity index (χ0v) is 15.9. The van der Waals surface area contributed by atoms with Gasteiger partial charge in [0, 0.05) is 5.92 Å². The van der Waals surface area contributed by atoms with Crippen LogP contribution in [0.1, 0.15) is 78.6 Å². The highest BCUT2D eigenvalue weighted by molar-refractivity contribution is 5.83. The third kappa shape index (κ3) is 2.27. The molecule has 0 aliphatic heterocycles. The lowest BCUT2D eigenvalue weighted by atomic mass is 9.44. The smallest absolute Gasteiger partial charge is 0.161 e. The van der Waals surface area contributed by atoms with Crippen molar-refractivity contribution in [1.82, 2.24) is 0 Å². The maximum Gasteiger partial charge on any atom is 0.161 e. The molecule has 0 amide bonds.